The molecule has 53 heteroatoms. The maximum absolute atomic E-state index is 17.0. The molecule has 0 amide bonds. The highest BCUT2D eigenvalue weighted by molar-refractivity contribution is 5.48. The molecule has 0 N–H and O–H groups in total. The third kappa shape index (κ3) is 15.8. The standard InChI is InChI=1S/C42H20F46O7/c1-3-15-5-9-17(10-6-15)13-19(21(43,29(53,54)55)90-39(81,82)25(49,33(65,66)67)94-41(85,86)27(51,35(71,72)73)92-37(77,78)23(45,46)31(59,60)61)89-20(14-18-11-7-16(4-2)8-12-18)22(44,30(56,57)58)91-40(83,84)26(50,34(68,69)70)95-42(87,88)28(52,36(74,75)76)93-38(79,80)24(47,48)32(62,63)64/h3-12,19-20H,1-2,13-14H2. The molecule has 2 rings (SSSR count). The highest BCUT2D eigenvalue weighted by Crippen LogP contribution is 2.63. The van der Waals surface area contributed by atoms with Gasteiger partial charge in [-0.3, -0.25) is 28.4 Å². The van der Waals surface area contributed by atoms with Crippen molar-refractivity contribution in [3.63, 3.8) is 0 Å². The van der Waals surface area contributed by atoms with Gasteiger partial charge in [-0.15, -0.1) is 0 Å². The Morgan fingerprint density at radius 1 is 0.253 bits per heavy atom. The lowest BCUT2D eigenvalue weighted by molar-refractivity contribution is -0.583. The van der Waals surface area contributed by atoms with Crippen molar-refractivity contribution in [2.75, 3.05) is 0 Å². The van der Waals surface area contributed by atoms with Crippen LogP contribution in [0.2, 0.25) is 0 Å². The number of alkyl halides is 46. The molecule has 0 aliphatic rings. The van der Waals surface area contributed by atoms with Crippen LogP contribution in [-0.2, 0) is 46.0 Å². The lowest BCUT2D eigenvalue weighted by atomic mass is 9.96. The van der Waals surface area contributed by atoms with E-state index in [2.05, 4.69) is 17.9 Å². The van der Waals surface area contributed by atoms with Gasteiger partial charge in [-0.05, 0) is 22.3 Å². The van der Waals surface area contributed by atoms with Crippen LogP contribution in [0.15, 0.2) is 61.7 Å². The Labute approximate surface area is 489 Å². The van der Waals surface area contributed by atoms with Crippen LogP contribution in [-0.4, -0.2) is 145 Å². The highest BCUT2D eigenvalue weighted by Gasteiger charge is 2.91. The van der Waals surface area contributed by atoms with Gasteiger partial charge in [-0.2, -0.15) is 202 Å². The average Bonchev–Trinajstić information content (AvgIpc) is 0.720. The van der Waals surface area contributed by atoms with Crippen molar-refractivity contribution in [3.05, 3.63) is 83.9 Å². The fourth-order valence-corrected chi connectivity index (χ4v) is 6.28. The third-order valence-corrected chi connectivity index (χ3v) is 11.2. The lowest BCUT2D eigenvalue weighted by Gasteiger charge is -2.46. The summed E-state index contributed by atoms with van der Waals surface area (Å²) in [5.74, 6) is -71.5. The largest absolute Gasteiger partial charge is 0.462 e. The van der Waals surface area contributed by atoms with Crippen molar-refractivity contribution in [2.45, 2.75) is 158 Å². The van der Waals surface area contributed by atoms with E-state index in [0.717, 1.165) is 18.9 Å². The number of hydrogen-bond donors (Lipinski definition) is 0. The van der Waals surface area contributed by atoms with Crippen LogP contribution < -0.4 is 0 Å². The summed E-state index contributed by atoms with van der Waals surface area (Å²) in [6.07, 6.45) is -143. The smallest absolute Gasteiger partial charge is 0.362 e. The first-order chi connectivity index (χ1) is 41.3. The summed E-state index contributed by atoms with van der Waals surface area (Å²) in [7, 11) is 0. The molecule has 8 unspecified atom stereocenters. The second-order valence-corrected chi connectivity index (χ2v) is 17.9. The minimum atomic E-state index is -9.48. The summed E-state index contributed by atoms with van der Waals surface area (Å²) in [6, 6.07) is 0.460. The molecule has 2 aromatic carbocycles. The summed E-state index contributed by atoms with van der Waals surface area (Å²) in [4.78, 5) is 0. The molecule has 7 nitrogen and oxygen atoms in total. The maximum atomic E-state index is 17.0. The van der Waals surface area contributed by atoms with Gasteiger partial charge in [0.05, 0.1) is 0 Å². The van der Waals surface area contributed by atoms with Crippen LogP contribution in [0.4, 0.5) is 202 Å². The minimum absolute atomic E-state index is 0.120. The predicted octanol–water partition coefficient (Wildman–Crippen LogP) is 18.9. The van der Waals surface area contributed by atoms with Crippen molar-refractivity contribution < 1.29 is 235 Å². The van der Waals surface area contributed by atoms with Gasteiger partial charge in [0.15, 0.2) is 0 Å². The van der Waals surface area contributed by atoms with Crippen LogP contribution in [0.5, 0.6) is 0 Å². The van der Waals surface area contributed by atoms with Gasteiger partial charge in [-0.1, -0.05) is 73.8 Å². The molecule has 0 aromatic heterocycles. The van der Waals surface area contributed by atoms with Gasteiger partial charge >= 0.3 is 133 Å². The molecule has 0 fully saturated rings. The molecule has 0 heterocycles. The van der Waals surface area contributed by atoms with Crippen LogP contribution in [0.3, 0.4) is 0 Å². The quantitative estimate of drug-likeness (QED) is 0.0787. The zero-order valence-corrected chi connectivity index (χ0v) is 43.0. The lowest BCUT2D eigenvalue weighted by Crippen LogP contribution is -2.72. The van der Waals surface area contributed by atoms with E-state index in [0.29, 0.717) is 12.2 Å². The summed E-state index contributed by atoms with van der Waals surface area (Å²) in [6.45, 7) is 5.92. The molecule has 2 aromatic rings. The molecular formula is C42H20F46O7. The first-order valence-electron chi connectivity index (χ1n) is 22.3. The van der Waals surface area contributed by atoms with Crippen LogP contribution in [0.1, 0.15) is 22.3 Å². The predicted molar refractivity (Wildman–Crippen MR) is 207 cm³/mol. The van der Waals surface area contributed by atoms with Crippen molar-refractivity contribution in [1.82, 2.24) is 0 Å². The van der Waals surface area contributed by atoms with Crippen molar-refractivity contribution >= 4 is 12.2 Å². The molecule has 0 radical (unpaired) electrons. The van der Waals surface area contributed by atoms with Crippen molar-refractivity contribution in [1.29, 1.82) is 0 Å². The molecule has 0 saturated heterocycles. The maximum Gasteiger partial charge on any atom is 0.462 e. The normalized spacial score (nSPS) is 19.5. The summed E-state index contributed by atoms with van der Waals surface area (Å²) in [5, 5.41) is 0. The van der Waals surface area contributed by atoms with Gasteiger partial charge in [0, 0.05) is 12.8 Å². The van der Waals surface area contributed by atoms with E-state index in [1.54, 1.807) is 0 Å². The van der Waals surface area contributed by atoms with Crippen LogP contribution >= 0.6 is 0 Å². The zero-order valence-electron chi connectivity index (χ0n) is 43.0. The van der Waals surface area contributed by atoms with Crippen molar-refractivity contribution in [2.24, 2.45) is 0 Å². The Morgan fingerprint density at radius 3 is 0.611 bits per heavy atom. The highest BCUT2D eigenvalue weighted by atomic mass is 19.5. The number of hydrogen-bond acceptors (Lipinski definition) is 7. The summed E-state index contributed by atoms with van der Waals surface area (Å²) in [5.41, 5.74) is -4.76. The number of ether oxygens (including phenoxy) is 7. The average molecular weight is 1510 g/mol. The molecule has 0 aliphatic carbocycles. The first-order valence-corrected chi connectivity index (χ1v) is 22.3. The van der Waals surface area contributed by atoms with Crippen LogP contribution in [0, 0.1) is 0 Å². The van der Waals surface area contributed by atoms with E-state index in [4.69, 9.17) is 0 Å². The Balaban J connectivity index is 3.39. The first kappa shape index (κ1) is 85.5. The molecule has 552 valence electrons. The third-order valence-electron chi connectivity index (χ3n) is 11.2. The van der Waals surface area contributed by atoms with E-state index in [9.17, 15) is 140 Å². The molecule has 8 atom stereocenters. The zero-order chi connectivity index (χ0) is 75.9. The number of benzene rings is 2. The second-order valence-electron chi connectivity index (χ2n) is 17.9. The Bertz CT molecular complexity index is 2740. The summed E-state index contributed by atoms with van der Waals surface area (Å²) >= 11 is 0. The van der Waals surface area contributed by atoms with Gasteiger partial charge < -0.3 is 4.74 Å². The SMILES string of the molecule is C=Cc1ccc(CC(OC(Cc2ccc(C=C)cc2)C(F)(OC(F)(F)C(F)(OC(F)(F)C(F)(OC(F)(F)C(F)(F)C(F)(F)F)C(F)(F)F)C(F)(F)F)C(F)(F)F)C(F)(OC(F)(F)C(F)(OC(F)(F)C(F)(OC(F)(F)C(F)(F)C(F)(F)F)C(F)(F)F)C(F)(F)F)C(F)(F)F)cc1. The Morgan fingerprint density at radius 2 is 0.442 bits per heavy atom. The number of rotatable bonds is 28. The molecule has 0 bridgehead atoms. The Kier molecular flexibility index (Phi) is 22.8. The minimum Gasteiger partial charge on any atom is -0.362 e. The van der Waals surface area contributed by atoms with Gasteiger partial charge in [-0.25, -0.2) is 0 Å². The molecule has 0 saturated carbocycles. The molecule has 95 heavy (non-hydrogen) atoms. The molecule has 0 spiro atoms. The van der Waals surface area contributed by atoms with E-state index in [1.165, 1.54) is 0 Å². The monoisotopic (exact) mass is 1510 g/mol. The van der Waals surface area contributed by atoms with Crippen molar-refractivity contribution in [3.8, 4) is 0 Å². The molecular weight excluding hydrogens is 1490 g/mol. The fourth-order valence-electron chi connectivity index (χ4n) is 6.28. The van der Waals surface area contributed by atoms with E-state index in [1.807, 2.05) is 9.47 Å². The van der Waals surface area contributed by atoms with E-state index < -0.39 is 180 Å². The topological polar surface area (TPSA) is 64.6 Å². The number of halogens is 46. The Hall–Kier alpha value is -5.58. The summed E-state index contributed by atoms with van der Waals surface area (Å²) < 4.78 is 671. The molecule has 0 aliphatic heterocycles. The van der Waals surface area contributed by atoms with Gasteiger partial charge in [0.1, 0.15) is 12.2 Å². The van der Waals surface area contributed by atoms with Crippen LogP contribution in [0.25, 0.3) is 12.2 Å². The van der Waals surface area contributed by atoms with E-state index >= 15 is 61.5 Å². The van der Waals surface area contributed by atoms with Gasteiger partial charge in [0.25, 0.3) is 0 Å². The fraction of sp³-hybridized carbons (Fsp3) is 0.619. The van der Waals surface area contributed by atoms with E-state index in [-0.39, 0.29) is 48.5 Å². The van der Waals surface area contributed by atoms with Gasteiger partial charge in [0.2, 0.25) is 0 Å². The second kappa shape index (κ2) is 25.3.